The van der Waals surface area contributed by atoms with Crippen molar-refractivity contribution in [2.75, 3.05) is 18.0 Å². The van der Waals surface area contributed by atoms with Crippen LogP contribution in [0.15, 0.2) is 35.3 Å². The van der Waals surface area contributed by atoms with Crippen molar-refractivity contribution < 1.29 is 9.53 Å². The van der Waals surface area contributed by atoms with Gasteiger partial charge in [-0.25, -0.2) is 9.98 Å². The van der Waals surface area contributed by atoms with Gasteiger partial charge in [0.1, 0.15) is 11.1 Å². The Kier molecular flexibility index (Phi) is 16.6. The van der Waals surface area contributed by atoms with E-state index in [0.29, 0.717) is 41.1 Å². The summed E-state index contributed by atoms with van der Waals surface area (Å²) >= 11 is 0. The van der Waals surface area contributed by atoms with Crippen LogP contribution in [0.2, 0.25) is 0 Å². The van der Waals surface area contributed by atoms with Gasteiger partial charge in [-0.05, 0) is 111 Å². The first-order chi connectivity index (χ1) is 29.4. The molecule has 3 unspecified atom stereocenters. The van der Waals surface area contributed by atoms with Crippen molar-refractivity contribution in [3.63, 3.8) is 0 Å². The lowest BCUT2D eigenvalue weighted by atomic mass is 9.76. The molecule has 0 fully saturated rings. The number of anilines is 1. The summed E-state index contributed by atoms with van der Waals surface area (Å²) in [4.78, 5) is 26.9. The largest absolute Gasteiger partial charge is 0.480 e. The minimum Gasteiger partial charge on any atom is -0.480 e. The molecule has 62 heavy (non-hydrogen) atoms. The van der Waals surface area contributed by atoms with E-state index in [9.17, 15) is 4.79 Å². The monoisotopic (exact) mass is 850 g/mol. The Morgan fingerprint density at radius 3 is 2.31 bits per heavy atom. The van der Waals surface area contributed by atoms with Gasteiger partial charge < -0.3 is 15.0 Å². The number of hydrogen-bond acceptors (Lipinski definition) is 6. The summed E-state index contributed by atoms with van der Waals surface area (Å²) in [7, 11) is 0. The van der Waals surface area contributed by atoms with E-state index in [2.05, 4.69) is 142 Å². The molecule has 0 radical (unpaired) electrons. The van der Waals surface area contributed by atoms with E-state index in [4.69, 9.17) is 19.8 Å². The Morgan fingerprint density at radius 2 is 1.63 bits per heavy atom. The van der Waals surface area contributed by atoms with Crippen LogP contribution in [0, 0.1) is 6.92 Å². The lowest BCUT2D eigenvalue weighted by Gasteiger charge is -2.48. The highest BCUT2D eigenvalue weighted by atomic mass is 16.5. The molecule has 9 nitrogen and oxygen atoms in total. The normalized spacial score (nSPS) is 16.8. The fourth-order valence-corrected chi connectivity index (χ4v) is 9.13. The first kappa shape index (κ1) is 48.9. The SMILES string of the molecule is C=c1[nH]n2nc(C(C)CNC(=O)C(CCCCCC)Oc3ccc(C(C)(C)CC)cc3C(C)(C)CC)nc2c1=Nc1cc2c(cc1C)N(CCCCCCCC)C(C)(C)CC2C. The van der Waals surface area contributed by atoms with E-state index in [0.717, 1.165) is 74.1 Å². The highest BCUT2D eigenvalue weighted by molar-refractivity contribution is 5.81. The highest BCUT2D eigenvalue weighted by Gasteiger charge is 2.37. The van der Waals surface area contributed by atoms with Gasteiger partial charge in [-0.1, -0.05) is 139 Å². The van der Waals surface area contributed by atoms with Crippen LogP contribution in [-0.4, -0.2) is 50.5 Å². The number of amides is 1. The number of nitrogens with zero attached hydrogens (tertiary/aromatic N) is 5. The number of hydrogen-bond donors (Lipinski definition) is 2. The van der Waals surface area contributed by atoms with E-state index in [1.54, 1.807) is 4.63 Å². The molecule has 0 spiro atoms. The first-order valence-corrected chi connectivity index (χ1v) is 24.4. The van der Waals surface area contributed by atoms with E-state index in [-0.39, 0.29) is 28.2 Å². The molecular formula is C53H83N7O2. The Morgan fingerprint density at radius 1 is 0.968 bits per heavy atom. The van der Waals surface area contributed by atoms with Crippen molar-refractivity contribution in [3.8, 4) is 5.75 Å². The molecule has 0 aliphatic carbocycles. The summed E-state index contributed by atoms with van der Waals surface area (Å²) in [5, 5.41) is 12.7. The van der Waals surface area contributed by atoms with Gasteiger partial charge in [0, 0.05) is 35.8 Å². The topological polar surface area (TPSA) is 99.9 Å². The molecule has 0 saturated heterocycles. The lowest BCUT2D eigenvalue weighted by Crippen LogP contribution is -2.48. The first-order valence-electron chi connectivity index (χ1n) is 24.4. The van der Waals surface area contributed by atoms with Crippen molar-refractivity contribution in [1.29, 1.82) is 0 Å². The highest BCUT2D eigenvalue weighted by Crippen LogP contribution is 2.46. The number of nitrogens with one attached hydrogen (secondary N) is 2. The number of ether oxygens (including phenoxy) is 1. The summed E-state index contributed by atoms with van der Waals surface area (Å²) in [5.41, 5.74) is 7.91. The summed E-state index contributed by atoms with van der Waals surface area (Å²) in [6, 6.07) is 11.3. The van der Waals surface area contributed by atoms with Gasteiger partial charge in [-0.15, -0.1) is 5.10 Å². The smallest absolute Gasteiger partial charge is 0.261 e. The number of fused-ring (bicyclic) bond motifs is 2. The zero-order valence-electron chi connectivity index (χ0n) is 41.2. The number of benzene rings is 2. The van der Waals surface area contributed by atoms with Gasteiger partial charge in [0.05, 0.1) is 11.0 Å². The summed E-state index contributed by atoms with van der Waals surface area (Å²) in [6.45, 7) is 35.2. The van der Waals surface area contributed by atoms with Gasteiger partial charge in [0.25, 0.3) is 5.91 Å². The van der Waals surface area contributed by atoms with Crippen LogP contribution < -0.4 is 25.7 Å². The van der Waals surface area contributed by atoms with Crippen molar-refractivity contribution in [1.82, 2.24) is 25.1 Å². The molecule has 3 atom stereocenters. The molecule has 342 valence electrons. The third-order valence-electron chi connectivity index (χ3n) is 14.2. The Bertz CT molecular complexity index is 2210. The van der Waals surface area contributed by atoms with Gasteiger partial charge in [0.2, 0.25) is 5.65 Å². The number of aryl methyl sites for hydroxylation is 1. The maximum absolute atomic E-state index is 14.1. The van der Waals surface area contributed by atoms with Crippen LogP contribution in [0.5, 0.6) is 5.75 Å². The number of aromatic amines is 1. The number of aromatic nitrogens is 4. The van der Waals surface area contributed by atoms with Gasteiger partial charge in [-0.3, -0.25) is 9.89 Å². The fourth-order valence-electron chi connectivity index (χ4n) is 9.13. The average Bonchev–Trinajstić information content (AvgIpc) is 3.77. The minimum absolute atomic E-state index is 0.0479. The van der Waals surface area contributed by atoms with E-state index >= 15 is 0 Å². The quantitative estimate of drug-likeness (QED) is 0.0724. The molecule has 2 aromatic carbocycles. The molecule has 5 rings (SSSR count). The molecule has 0 bridgehead atoms. The van der Waals surface area contributed by atoms with E-state index in [1.807, 2.05) is 0 Å². The lowest BCUT2D eigenvalue weighted by molar-refractivity contribution is -0.128. The average molecular weight is 850 g/mol. The zero-order valence-corrected chi connectivity index (χ0v) is 41.2. The Labute approximate surface area is 375 Å². The van der Waals surface area contributed by atoms with Crippen LogP contribution >= 0.6 is 0 Å². The molecular weight excluding hydrogens is 767 g/mol. The predicted octanol–water partition coefficient (Wildman–Crippen LogP) is 12.2. The Balaban J connectivity index is 1.36. The van der Waals surface area contributed by atoms with E-state index < -0.39 is 6.10 Å². The van der Waals surface area contributed by atoms with Crippen LogP contribution in [0.3, 0.4) is 0 Å². The van der Waals surface area contributed by atoms with Gasteiger partial charge in [-0.2, -0.15) is 4.63 Å². The number of carbonyl (C=O) groups excluding carboxylic acids is 1. The number of unbranched alkanes of at least 4 members (excludes halogenated alkanes) is 8. The molecule has 1 amide bonds. The van der Waals surface area contributed by atoms with Gasteiger partial charge in [0.15, 0.2) is 11.9 Å². The van der Waals surface area contributed by atoms with Gasteiger partial charge >= 0.3 is 0 Å². The van der Waals surface area contributed by atoms with E-state index in [1.165, 1.54) is 55.3 Å². The predicted molar refractivity (Wildman–Crippen MR) is 260 cm³/mol. The number of H-pyrrole nitrogens is 1. The molecule has 9 heteroatoms. The second-order valence-electron chi connectivity index (χ2n) is 20.6. The molecule has 2 aromatic heterocycles. The van der Waals surface area contributed by atoms with Crippen LogP contribution in [0.25, 0.3) is 12.2 Å². The van der Waals surface area contributed by atoms with Crippen molar-refractivity contribution in [2.24, 2.45) is 4.99 Å². The summed E-state index contributed by atoms with van der Waals surface area (Å²) in [5.74, 6) is 1.61. The van der Waals surface area contributed by atoms with Crippen molar-refractivity contribution >= 4 is 29.5 Å². The van der Waals surface area contributed by atoms with Crippen molar-refractivity contribution in [3.05, 3.63) is 69.1 Å². The summed E-state index contributed by atoms with van der Waals surface area (Å²) < 4.78 is 8.44. The number of carbonyl (C=O) groups is 1. The molecule has 2 N–H and O–H groups in total. The number of rotatable bonds is 23. The molecule has 0 saturated carbocycles. The second kappa shape index (κ2) is 21.0. The maximum Gasteiger partial charge on any atom is 0.261 e. The zero-order chi connectivity index (χ0) is 45.4. The maximum atomic E-state index is 14.1. The molecule has 3 heterocycles. The molecule has 1 aliphatic rings. The minimum atomic E-state index is -0.601. The van der Waals surface area contributed by atoms with Crippen LogP contribution in [0.1, 0.15) is 213 Å². The van der Waals surface area contributed by atoms with Crippen molar-refractivity contribution in [2.45, 2.75) is 214 Å². The standard InChI is InChI=1S/C53H83N7O2/c1-15-19-21-23-24-26-30-59-44-31-36(5)43(33-41(44)37(6)34-53(59,13)14)55-47-39(8)57-60-49(47)56-48(58-60)38(7)35-54-50(61)46(27-25-22-20-16-2)62-45-29-28-40(51(9,10)17-3)32-42(45)52(11,12)18-4/h28-29,31-33,37-38,46,57H,8,15-27,30,34-35H2,1-7,9-14H3,(H,54,61). The fraction of sp³-hybridized carbons (Fsp3) is 0.660. The van der Waals surface area contributed by atoms with Crippen LogP contribution in [0.4, 0.5) is 11.4 Å². The third-order valence-corrected chi connectivity index (χ3v) is 14.2. The molecule has 4 aromatic rings. The Hall–Kier alpha value is -4.14. The third kappa shape index (κ3) is 11.5. The van der Waals surface area contributed by atoms with Crippen LogP contribution in [-0.2, 0) is 15.6 Å². The summed E-state index contributed by atoms with van der Waals surface area (Å²) in [6.07, 6.45) is 15.2. The molecule has 1 aliphatic heterocycles. The second-order valence-corrected chi connectivity index (χ2v) is 20.6.